The molecular formula is C24H36N6O2. The van der Waals surface area contributed by atoms with Crippen LogP contribution in [-0.4, -0.2) is 66.8 Å². The summed E-state index contributed by atoms with van der Waals surface area (Å²) in [4.78, 5) is 2.31. The first-order chi connectivity index (χ1) is 15.6. The van der Waals surface area contributed by atoms with E-state index in [0.717, 1.165) is 61.2 Å². The minimum atomic E-state index is 0.122. The topological polar surface area (TPSA) is 98.3 Å². The van der Waals surface area contributed by atoms with Gasteiger partial charge in [0, 0.05) is 44.2 Å². The van der Waals surface area contributed by atoms with Gasteiger partial charge in [0.2, 0.25) is 0 Å². The van der Waals surface area contributed by atoms with E-state index >= 15 is 0 Å². The zero-order chi connectivity index (χ0) is 23.0. The lowest BCUT2D eigenvalue weighted by Crippen LogP contribution is -2.52. The van der Waals surface area contributed by atoms with E-state index < -0.39 is 0 Å². The van der Waals surface area contributed by atoms with E-state index in [-0.39, 0.29) is 5.54 Å². The van der Waals surface area contributed by atoms with Gasteiger partial charge in [-0.15, -0.1) is 0 Å². The van der Waals surface area contributed by atoms with Crippen molar-refractivity contribution in [2.24, 2.45) is 0 Å². The van der Waals surface area contributed by atoms with Crippen LogP contribution in [0, 0.1) is 5.41 Å². The third-order valence-electron chi connectivity index (χ3n) is 6.08. The molecule has 3 rings (SSSR count). The quantitative estimate of drug-likeness (QED) is 0.298. The molecule has 2 heterocycles. The van der Waals surface area contributed by atoms with Crippen molar-refractivity contribution in [3.05, 3.63) is 48.6 Å². The van der Waals surface area contributed by atoms with Gasteiger partial charge in [-0.3, -0.25) is 10.5 Å². The Labute approximate surface area is 190 Å². The van der Waals surface area contributed by atoms with Crippen LogP contribution in [0.15, 0.2) is 42.9 Å². The van der Waals surface area contributed by atoms with Crippen molar-refractivity contribution in [2.75, 3.05) is 40.5 Å². The second-order valence-corrected chi connectivity index (χ2v) is 8.18. The van der Waals surface area contributed by atoms with Crippen molar-refractivity contribution in [3.8, 4) is 5.75 Å². The van der Waals surface area contributed by atoms with Crippen LogP contribution in [-0.2, 0) is 4.74 Å². The van der Waals surface area contributed by atoms with Crippen LogP contribution in [0.1, 0.15) is 38.3 Å². The minimum Gasteiger partial charge on any atom is -0.491 e. The molecule has 0 aliphatic carbocycles. The minimum absolute atomic E-state index is 0.122. The van der Waals surface area contributed by atoms with Gasteiger partial charge in [0.1, 0.15) is 23.9 Å². The number of likely N-dealkylation sites (tertiary alicyclic amines) is 1. The van der Waals surface area contributed by atoms with Crippen molar-refractivity contribution in [3.63, 3.8) is 0 Å². The van der Waals surface area contributed by atoms with Crippen LogP contribution in [0.2, 0.25) is 0 Å². The molecule has 0 amide bonds. The lowest BCUT2D eigenvalue weighted by atomic mass is 9.83. The molecule has 1 aromatic carbocycles. The van der Waals surface area contributed by atoms with Gasteiger partial charge >= 0.3 is 0 Å². The van der Waals surface area contributed by atoms with Crippen molar-refractivity contribution >= 4 is 16.6 Å². The summed E-state index contributed by atoms with van der Waals surface area (Å²) >= 11 is 0. The fourth-order valence-corrected chi connectivity index (χ4v) is 4.39. The van der Waals surface area contributed by atoms with Gasteiger partial charge in [0.05, 0.1) is 17.8 Å². The number of nitrogens with one attached hydrogen (secondary N) is 4. The lowest BCUT2D eigenvalue weighted by Gasteiger charge is -2.43. The summed E-state index contributed by atoms with van der Waals surface area (Å²) in [5, 5.41) is 23.8. The predicted molar refractivity (Wildman–Crippen MR) is 129 cm³/mol. The maximum Gasteiger partial charge on any atom is 0.120 e. The van der Waals surface area contributed by atoms with Crippen LogP contribution in [0.3, 0.4) is 0 Å². The fraction of sp³-hybridized carbons (Fsp3) is 0.500. The molecule has 8 heteroatoms. The van der Waals surface area contributed by atoms with Crippen LogP contribution in [0.25, 0.3) is 10.9 Å². The summed E-state index contributed by atoms with van der Waals surface area (Å²) in [6.07, 6.45) is 8.03. The van der Waals surface area contributed by atoms with Crippen LogP contribution < -0.4 is 15.4 Å². The number of rotatable bonds is 12. The van der Waals surface area contributed by atoms with E-state index in [2.05, 4.69) is 39.2 Å². The molecule has 0 unspecified atom stereocenters. The normalized spacial score (nSPS) is 16.1. The largest absolute Gasteiger partial charge is 0.491 e. The van der Waals surface area contributed by atoms with Gasteiger partial charge in [0.15, 0.2) is 0 Å². The first kappa shape index (κ1) is 23.7. The number of allylic oxidation sites excluding steroid dienone is 1. The highest BCUT2D eigenvalue weighted by atomic mass is 16.5. The smallest absolute Gasteiger partial charge is 0.120 e. The number of ether oxygens (including phenoxy) is 2. The monoisotopic (exact) mass is 440 g/mol. The van der Waals surface area contributed by atoms with E-state index in [1.807, 2.05) is 37.5 Å². The number of nitrogens with zero attached hydrogens (tertiary/aromatic N) is 2. The van der Waals surface area contributed by atoms with Crippen LogP contribution >= 0.6 is 0 Å². The van der Waals surface area contributed by atoms with Gasteiger partial charge in [-0.1, -0.05) is 19.9 Å². The number of H-pyrrole nitrogens is 1. The summed E-state index contributed by atoms with van der Waals surface area (Å²) in [5.74, 6) is 1.67. The molecule has 0 radical (unpaired) electrons. The number of benzene rings is 1. The molecule has 0 bridgehead atoms. The first-order valence-electron chi connectivity index (χ1n) is 11.3. The van der Waals surface area contributed by atoms with Crippen molar-refractivity contribution < 1.29 is 9.47 Å². The molecule has 1 saturated heterocycles. The first-order valence-corrected chi connectivity index (χ1v) is 11.3. The van der Waals surface area contributed by atoms with Crippen molar-refractivity contribution in [1.29, 1.82) is 5.41 Å². The highest BCUT2D eigenvalue weighted by molar-refractivity contribution is 6.13. The Hall–Kier alpha value is -3.00. The van der Waals surface area contributed by atoms with Crippen molar-refractivity contribution in [2.45, 2.75) is 38.1 Å². The van der Waals surface area contributed by atoms with E-state index in [0.29, 0.717) is 24.6 Å². The molecule has 1 aliphatic rings. The Morgan fingerprint density at radius 3 is 2.78 bits per heavy atom. The molecule has 4 N–H and O–H groups in total. The summed E-state index contributed by atoms with van der Waals surface area (Å²) < 4.78 is 10.8. The number of aromatic nitrogens is 2. The van der Waals surface area contributed by atoms with Crippen molar-refractivity contribution in [1.82, 2.24) is 25.7 Å². The zero-order valence-electron chi connectivity index (χ0n) is 19.5. The summed E-state index contributed by atoms with van der Waals surface area (Å²) in [6.45, 7) is 8.93. The summed E-state index contributed by atoms with van der Waals surface area (Å²) in [5.41, 5.74) is 1.96. The Morgan fingerprint density at radius 2 is 2.12 bits per heavy atom. The maximum atomic E-state index is 8.72. The molecule has 0 saturated carbocycles. The maximum absolute atomic E-state index is 8.72. The van der Waals surface area contributed by atoms with Gasteiger partial charge in [-0.05, 0) is 43.7 Å². The number of piperidine rings is 1. The van der Waals surface area contributed by atoms with Gasteiger partial charge in [-0.25, -0.2) is 0 Å². The van der Waals surface area contributed by atoms with E-state index in [1.54, 1.807) is 7.11 Å². The second kappa shape index (κ2) is 11.0. The fourth-order valence-electron chi connectivity index (χ4n) is 4.39. The molecule has 1 aromatic heterocycles. The third kappa shape index (κ3) is 5.43. The van der Waals surface area contributed by atoms with Gasteiger partial charge < -0.3 is 25.0 Å². The lowest BCUT2D eigenvalue weighted by molar-refractivity contribution is 0.146. The average molecular weight is 441 g/mol. The molecule has 0 atom stereocenters. The van der Waals surface area contributed by atoms with Crippen LogP contribution in [0.4, 0.5) is 0 Å². The molecule has 2 aromatic rings. The molecule has 174 valence electrons. The molecule has 1 aliphatic heterocycles. The Kier molecular flexibility index (Phi) is 8.16. The highest BCUT2D eigenvalue weighted by Gasteiger charge is 2.33. The number of fused-ring (bicyclic) bond motifs is 1. The number of hydrogen-bond donors (Lipinski definition) is 4. The molecule has 1 fully saturated rings. The highest BCUT2D eigenvalue weighted by Crippen LogP contribution is 2.29. The third-order valence-corrected chi connectivity index (χ3v) is 6.08. The Bertz CT molecular complexity index is 943. The zero-order valence-corrected chi connectivity index (χ0v) is 19.5. The SMILES string of the molecule is C=CNC1(CCC)CCN(/C(=C/C(=N)c2n[nH]c3ccc(OCCOC)cc23)NC)CC1. The van der Waals surface area contributed by atoms with E-state index in [1.165, 1.54) is 0 Å². The molecule has 0 spiro atoms. The van der Waals surface area contributed by atoms with Crippen LogP contribution in [0.5, 0.6) is 5.75 Å². The molecule has 8 nitrogen and oxygen atoms in total. The van der Waals surface area contributed by atoms with Gasteiger partial charge in [0.25, 0.3) is 0 Å². The van der Waals surface area contributed by atoms with Gasteiger partial charge in [-0.2, -0.15) is 5.10 Å². The number of aromatic amines is 1. The number of hydrogen-bond acceptors (Lipinski definition) is 7. The van der Waals surface area contributed by atoms with E-state index in [4.69, 9.17) is 14.9 Å². The summed E-state index contributed by atoms with van der Waals surface area (Å²) in [6, 6.07) is 5.74. The predicted octanol–water partition coefficient (Wildman–Crippen LogP) is 3.38. The Balaban J connectivity index is 1.75. The second-order valence-electron chi connectivity index (χ2n) is 8.18. The molecule has 32 heavy (non-hydrogen) atoms. The standard InChI is InChI=1S/C24H36N6O2/c1-5-9-24(27-6-2)10-12-30(13-11-24)22(26-3)17-20(25)23-19-16-18(32-15-14-31-4)7-8-21(19)28-29-23/h6-8,16-17,25-27H,2,5,9-15H2,1,3-4H3,(H,28,29)/b22-17+,25-20?. The van der Waals surface area contributed by atoms with E-state index in [9.17, 15) is 0 Å². The summed E-state index contributed by atoms with van der Waals surface area (Å²) in [7, 11) is 3.55. The number of methoxy groups -OCH3 is 1. The average Bonchev–Trinajstić information content (AvgIpc) is 3.22. The molecular weight excluding hydrogens is 404 g/mol. The Morgan fingerprint density at radius 1 is 1.34 bits per heavy atom.